The molecule has 1 aromatic heterocycles. The van der Waals surface area contributed by atoms with Gasteiger partial charge in [-0.15, -0.1) is 0 Å². The Kier molecular flexibility index (Phi) is 5.75. The number of imide groups is 1. The fraction of sp³-hybridized carbons (Fsp3) is 0.353. The number of carbonyl (C=O) groups excluding carboxylic acids is 4. The number of ether oxygens (including phenoxy) is 1. The molecule has 3 rings (SSSR count). The monoisotopic (exact) mass is 391 g/mol. The molecule has 1 aliphatic heterocycles. The maximum atomic E-state index is 12.1. The molecule has 2 aromatic rings. The molecule has 1 atom stereocenters. The Hall–Kier alpha value is -2.88. The number of hydrogen-bond acceptors (Lipinski definition) is 8. The summed E-state index contributed by atoms with van der Waals surface area (Å²) >= 11 is 0.931. The summed E-state index contributed by atoms with van der Waals surface area (Å²) in [6.45, 7) is 1.62. The third-order valence-electron chi connectivity index (χ3n) is 3.92. The Morgan fingerprint density at radius 3 is 2.89 bits per heavy atom. The molecule has 0 saturated carbocycles. The number of esters is 1. The number of rotatable bonds is 7. The van der Waals surface area contributed by atoms with E-state index in [0.717, 1.165) is 16.7 Å². The highest BCUT2D eigenvalue weighted by molar-refractivity contribution is 8.14. The molecule has 10 heteroatoms. The molecule has 0 aliphatic carbocycles. The van der Waals surface area contributed by atoms with Gasteiger partial charge in [0, 0.05) is 18.5 Å². The van der Waals surface area contributed by atoms with Crippen molar-refractivity contribution >= 4 is 45.8 Å². The number of nitrogens with one attached hydrogen (secondary N) is 1. The van der Waals surface area contributed by atoms with Crippen LogP contribution in [0.25, 0.3) is 11.0 Å². The number of nitrogens with zero attached hydrogens (tertiary/aromatic N) is 2. The maximum absolute atomic E-state index is 12.1. The highest BCUT2D eigenvalue weighted by Crippen LogP contribution is 2.19. The number of amides is 3. The van der Waals surface area contributed by atoms with Gasteiger partial charge in [0.25, 0.3) is 11.1 Å². The van der Waals surface area contributed by atoms with E-state index in [4.69, 9.17) is 9.26 Å². The maximum Gasteiger partial charge on any atom is 0.312 e. The molecule has 1 aromatic carbocycles. The first kappa shape index (κ1) is 18.9. The van der Waals surface area contributed by atoms with Crippen LogP contribution in [0.15, 0.2) is 28.8 Å². The Balaban J connectivity index is 1.45. The van der Waals surface area contributed by atoms with Gasteiger partial charge in [-0.05, 0) is 19.1 Å². The fourth-order valence-electron chi connectivity index (χ4n) is 2.53. The second kappa shape index (κ2) is 8.21. The van der Waals surface area contributed by atoms with Gasteiger partial charge >= 0.3 is 5.97 Å². The van der Waals surface area contributed by atoms with E-state index < -0.39 is 18.0 Å². The van der Waals surface area contributed by atoms with E-state index in [9.17, 15) is 19.2 Å². The number of fused-ring (bicyclic) bond motifs is 1. The second-order valence-electron chi connectivity index (χ2n) is 5.83. The molecule has 1 fully saturated rings. The molecule has 1 aliphatic rings. The fourth-order valence-corrected chi connectivity index (χ4v) is 3.28. The normalized spacial score (nSPS) is 15.2. The van der Waals surface area contributed by atoms with Crippen LogP contribution in [0.4, 0.5) is 4.79 Å². The molecule has 9 nitrogen and oxygen atoms in total. The van der Waals surface area contributed by atoms with Gasteiger partial charge in [-0.3, -0.25) is 24.1 Å². The lowest BCUT2D eigenvalue weighted by Gasteiger charge is -2.16. The average Bonchev–Trinajstić information content (AvgIpc) is 3.19. The molecule has 0 spiro atoms. The zero-order chi connectivity index (χ0) is 19.4. The second-order valence-corrected chi connectivity index (χ2v) is 6.75. The molecular weight excluding hydrogens is 374 g/mol. The van der Waals surface area contributed by atoms with E-state index in [-0.39, 0.29) is 36.4 Å². The van der Waals surface area contributed by atoms with Gasteiger partial charge in [-0.25, -0.2) is 0 Å². The predicted octanol–water partition coefficient (Wildman–Crippen LogP) is 1.11. The van der Waals surface area contributed by atoms with Crippen molar-refractivity contribution in [2.45, 2.75) is 19.4 Å². The summed E-state index contributed by atoms with van der Waals surface area (Å²) in [5.41, 5.74) is 1.00. The van der Waals surface area contributed by atoms with E-state index in [1.807, 2.05) is 0 Å². The molecule has 142 valence electrons. The van der Waals surface area contributed by atoms with Crippen LogP contribution in [-0.2, 0) is 25.5 Å². The molecule has 27 heavy (non-hydrogen) atoms. The highest BCUT2D eigenvalue weighted by Gasteiger charge is 2.29. The van der Waals surface area contributed by atoms with E-state index in [1.165, 1.54) is 6.92 Å². The largest absolute Gasteiger partial charge is 0.452 e. The first-order chi connectivity index (χ1) is 13.0. The van der Waals surface area contributed by atoms with Crippen molar-refractivity contribution in [3.63, 3.8) is 0 Å². The van der Waals surface area contributed by atoms with E-state index in [1.54, 1.807) is 24.3 Å². The number of aromatic nitrogens is 1. The minimum atomic E-state index is -1.02. The van der Waals surface area contributed by atoms with Crippen molar-refractivity contribution in [3.8, 4) is 0 Å². The van der Waals surface area contributed by atoms with Crippen LogP contribution in [0.2, 0.25) is 0 Å². The first-order valence-electron chi connectivity index (χ1n) is 8.23. The summed E-state index contributed by atoms with van der Waals surface area (Å²) in [5.74, 6) is -1.28. The van der Waals surface area contributed by atoms with Gasteiger partial charge in [-0.1, -0.05) is 29.1 Å². The minimum absolute atomic E-state index is 0.0853. The van der Waals surface area contributed by atoms with Gasteiger partial charge in [0.05, 0.1) is 12.2 Å². The van der Waals surface area contributed by atoms with Crippen LogP contribution in [0, 0.1) is 0 Å². The summed E-state index contributed by atoms with van der Waals surface area (Å²) < 4.78 is 10.2. The molecule has 1 N–H and O–H groups in total. The third-order valence-corrected chi connectivity index (χ3v) is 4.78. The molecule has 0 radical (unpaired) electrons. The van der Waals surface area contributed by atoms with Gasteiger partial charge < -0.3 is 14.6 Å². The Bertz CT molecular complexity index is 880. The van der Waals surface area contributed by atoms with Crippen molar-refractivity contribution in [2.24, 2.45) is 0 Å². The molecule has 1 saturated heterocycles. The van der Waals surface area contributed by atoms with Crippen LogP contribution in [0.3, 0.4) is 0 Å². The van der Waals surface area contributed by atoms with Gasteiger partial charge in [0.15, 0.2) is 11.7 Å². The number of para-hydroxylation sites is 1. The lowest BCUT2D eigenvalue weighted by atomic mass is 10.2. The molecule has 0 bridgehead atoms. The standard InChI is InChI=1S/C17H17N3O6S/c1-10(16(23)18-6-7-20-14(21)9-27-17(20)24)25-15(22)8-12-11-4-2-3-5-13(11)26-19-12/h2-5,10H,6-9H2,1H3,(H,18,23)/t10-/m0/s1. The summed E-state index contributed by atoms with van der Waals surface area (Å²) in [6, 6.07) is 7.12. The number of carbonyl (C=O) groups is 4. The molecule has 0 unspecified atom stereocenters. The molecule has 2 heterocycles. The molecular formula is C17H17N3O6S. The van der Waals surface area contributed by atoms with Crippen LogP contribution in [0.1, 0.15) is 12.6 Å². The first-order valence-corrected chi connectivity index (χ1v) is 9.22. The summed E-state index contributed by atoms with van der Waals surface area (Å²) in [5, 5.41) is 6.77. The van der Waals surface area contributed by atoms with E-state index in [2.05, 4.69) is 10.5 Å². The summed E-state index contributed by atoms with van der Waals surface area (Å²) in [4.78, 5) is 48.1. The zero-order valence-electron chi connectivity index (χ0n) is 14.5. The topological polar surface area (TPSA) is 119 Å². The van der Waals surface area contributed by atoms with Gasteiger partial charge in [-0.2, -0.15) is 0 Å². The van der Waals surface area contributed by atoms with E-state index >= 15 is 0 Å². The van der Waals surface area contributed by atoms with Gasteiger partial charge in [0.1, 0.15) is 5.69 Å². The van der Waals surface area contributed by atoms with Crippen molar-refractivity contribution in [2.75, 3.05) is 18.8 Å². The summed E-state index contributed by atoms with van der Waals surface area (Å²) in [6.07, 6.45) is -1.14. The minimum Gasteiger partial charge on any atom is -0.452 e. The lowest BCUT2D eigenvalue weighted by molar-refractivity contribution is -0.154. The van der Waals surface area contributed by atoms with Crippen molar-refractivity contribution in [1.29, 1.82) is 0 Å². The Labute approximate surface area is 158 Å². The van der Waals surface area contributed by atoms with Crippen molar-refractivity contribution < 1.29 is 28.4 Å². The Morgan fingerprint density at radius 1 is 1.37 bits per heavy atom. The van der Waals surface area contributed by atoms with E-state index in [0.29, 0.717) is 16.7 Å². The van der Waals surface area contributed by atoms with Crippen LogP contribution < -0.4 is 5.32 Å². The average molecular weight is 391 g/mol. The number of benzene rings is 1. The SMILES string of the molecule is C[C@H](OC(=O)Cc1noc2ccccc12)C(=O)NCCN1C(=O)CSC1=O. The van der Waals surface area contributed by atoms with Crippen molar-refractivity contribution in [1.82, 2.24) is 15.4 Å². The highest BCUT2D eigenvalue weighted by atomic mass is 32.2. The predicted molar refractivity (Wildman–Crippen MR) is 95.8 cm³/mol. The third kappa shape index (κ3) is 4.45. The smallest absolute Gasteiger partial charge is 0.312 e. The lowest BCUT2D eigenvalue weighted by Crippen LogP contribution is -2.41. The quantitative estimate of drug-likeness (QED) is 0.697. The molecule has 3 amide bonds. The summed E-state index contributed by atoms with van der Waals surface area (Å²) in [7, 11) is 0. The number of thioether (sulfide) groups is 1. The van der Waals surface area contributed by atoms with Crippen LogP contribution in [0.5, 0.6) is 0 Å². The van der Waals surface area contributed by atoms with Crippen LogP contribution in [-0.4, -0.2) is 58.0 Å². The number of hydrogen-bond donors (Lipinski definition) is 1. The van der Waals surface area contributed by atoms with Crippen molar-refractivity contribution in [3.05, 3.63) is 30.0 Å². The Morgan fingerprint density at radius 2 is 2.15 bits per heavy atom. The zero-order valence-corrected chi connectivity index (χ0v) is 15.3. The van der Waals surface area contributed by atoms with Crippen LogP contribution >= 0.6 is 11.8 Å². The van der Waals surface area contributed by atoms with Gasteiger partial charge in [0.2, 0.25) is 5.91 Å².